The third kappa shape index (κ3) is 6.78. The number of rotatable bonds is 10. The molecule has 2 amide bonds. The Kier molecular flexibility index (Phi) is 9.90. The number of carbonyl (C=O) groups is 3. The minimum absolute atomic E-state index is 0.0227. The van der Waals surface area contributed by atoms with Gasteiger partial charge in [-0.2, -0.15) is 12.6 Å². The molecule has 0 heterocycles. The molecule has 0 aliphatic heterocycles. The Morgan fingerprint density at radius 1 is 1.04 bits per heavy atom. The van der Waals surface area contributed by atoms with Crippen molar-refractivity contribution in [3.8, 4) is 0 Å². The van der Waals surface area contributed by atoms with Crippen LogP contribution >= 0.6 is 12.6 Å². The summed E-state index contributed by atoms with van der Waals surface area (Å²) in [6, 6.07) is -2.65. The highest BCUT2D eigenvalue weighted by Gasteiger charge is 2.30. The number of hydrogen-bond donors (Lipinski definition) is 5. The first-order valence-electron chi connectivity index (χ1n) is 7.89. The van der Waals surface area contributed by atoms with E-state index in [0.29, 0.717) is 6.42 Å². The summed E-state index contributed by atoms with van der Waals surface area (Å²) in [5.74, 6) is -2.31. The number of thiol groups is 1. The topological polar surface area (TPSA) is 122 Å². The maximum Gasteiger partial charge on any atom is 0.326 e. The quantitative estimate of drug-likeness (QED) is 0.366. The Balaban J connectivity index is 4.86. The molecule has 0 fully saturated rings. The molecule has 5 atom stereocenters. The van der Waals surface area contributed by atoms with E-state index in [-0.39, 0.29) is 17.6 Å². The first-order chi connectivity index (χ1) is 10.7. The number of aliphatic carboxylic acids is 1. The van der Waals surface area contributed by atoms with E-state index in [2.05, 4.69) is 23.3 Å². The van der Waals surface area contributed by atoms with Crippen molar-refractivity contribution in [2.24, 2.45) is 17.6 Å². The van der Waals surface area contributed by atoms with Gasteiger partial charge < -0.3 is 21.5 Å². The Hall–Kier alpha value is -1.28. The molecule has 0 spiro atoms. The van der Waals surface area contributed by atoms with Gasteiger partial charge in [0.05, 0.1) is 6.04 Å². The molecule has 23 heavy (non-hydrogen) atoms. The number of hydrogen-bond acceptors (Lipinski definition) is 5. The lowest BCUT2D eigenvalue weighted by Gasteiger charge is -2.25. The van der Waals surface area contributed by atoms with Crippen molar-refractivity contribution in [3.05, 3.63) is 0 Å². The Morgan fingerprint density at radius 3 is 1.96 bits per heavy atom. The molecule has 0 radical (unpaired) electrons. The van der Waals surface area contributed by atoms with Crippen LogP contribution in [-0.2, 0) is 14.4 Å². The lowest BCUT2D eigenvalue weighted by molar-refractivity contribution is -0.143. The summed E-state index contributed by atoms with van der Waals surface area (Å²) in [4.78, 5) is 35.6. The monoisotopic (exact) mass is 347 g/mol. The molecule has 134 valence electrons. The molecule has 0 bridgehead atoms. The van der Waals surface area contributed by atoms with Crippen LogP contribution < -0.4 is 16.4 Å². The maximum atomic E-state index is 12.2. The summed E-state index contributed by atoms with van der Waals surface area (Å²) in [5, 5.41) is 14.2. The van der Waals surface area contributed by atoms with Gasteiger partial charge in [0.2, 0.25) is 11.8 Å². The van der Waals surface area contributed by atoms with Crippen molar-refractivity contribution in [2.45, 2.75) is 58.7 Å². The Morgan fingerprint density at radius 2 is 1.57 bits per heavy atom. The predicted octanol–water partition coefficient (Wildman–Crippen LogP) is 0.390. The van der Waals surface area contributed by atoms with Crippen molar-refractivity contribution >= 4 is 30.4 Å². The second-order valence-corrected chi connectivity index (χ2v) is 6.23. The SMILES string of the molecule is CCC(C)C(N)C(=O)NC(CS)C(=O)NC(C(=O)O)C(C)CC. The van der Waals surface area contributed by atoms with Crippen LogP contribution in [0.3, 0.4) is 0 Å². The highest BCUT2D eigenvalue weighted by Crippen LogP contribution is 2.09. The number of nitrogens with one attached hydrogen (secondary N) is 2. The van der Waals surface area contributed by atoms with Gasteiger partial charge in [0.25, 0.3) is 0 Å². The van der Waals surface area contributed by atoms with Gasteiger partial charge in [0.15, 0.2) is 0 Å². The zero-order chi connectivity index (χ0) is 18.2. The molecule has 0 rings (SSSR count). The van der Waals surface area contributed by atoms with Crippen LogP contribution in [0.4, 0.5) is 0 Å². The molecule has 0 aromatic heterocycles. The van der Waals surface area contributed by atoms with E-state index in [4.69, 9.17) is 5.73 Å². The van der Waals surface area contributed by atoms with E-state index in [1.807, 2.05) is 20.8 Å². The van der Waals surface area contributed by atoms with Gasteiger partial charge in [-0.05, 0) is 11.8 Å². The molecular weight excluding hydrogens is 318 g/mol. The first-order valence-corrected chi connectivity index (χ1v) is 8.52. The van der Waals surface area contributed by atoms with Crippen molar-refractivity contribution in [2.75, 3.05) is 5.75 Å². The van der Waals surface area contributed by atoms with Crippen molar-refractivity contribution in [1.82, 2.24) is 10.6 Å². The second-order valence-electron chi connectivity index (χ2n) is 5.87. The van der Waals surface area contributed by atoms with E-state index in [1.54, 1.807) is 6.92 Å². The van der Waals surface area contributed by atoms with Gasteiger partial charge in [-0.3, -0.25) is 9.59 Å². The van der Waals surface area contributed by atoms with E-state index < -0.39 is 35.9 Å². The number of carboxylic acid groups (broad SMARTS) is 1. The van der Waals surface area contributed by atoms with E-state index in [9.17, 15) is 19.5 Å². The van der Waals surface area contributed by atoms with Gasteiger partial charge >= 0.3 is 5.97 Å². The fourth-order valence-corrected chi connectivity index (χ4v) is 2.17. The number of amides is 2. The maximum absolute atomic E-state index is 12.2. The summed E-state index contributed by atoms with van der Waals surface area (Å²) in [6.45, 7) is 7.36. The Bertz CT molecular complexity index is 420. The van der Waals surface area contributed by atoms with E-state index in [0.717, 1.165) is 6.42 Å². The smallest absolute Gasteiger partial charge is 0.326 e. The highest BCUT2D eigenvalue weighted by atomic mass is 32.1. The van der Waals surface area contributed by atoms with Crippen LogP contribution in [0.5, 0.6) is 0 Å². The van der Waals surface area contributed by atoms with Gasteiger partial charge in [-0.25, -0.2) is 4.79 Å². The molecule has 5 unspecified atom stereocenters. The molecule has 8 heteroatoms. The molecule has 0 saturated heterocycles. The molecular formula is C15H29N3O4S. The summed E-state index contributed by atoms with van der Waals surface area (Å²) < 4.78 is 0. The lowest BCUT2D eigenvalue weighted by atomic mass is 9.98. The van der Waals surface area contributed by atoms with Gasteiger partial charge in [-0.1, -0.05) is 40.5 Å². The van der Waals surface area contributed by atoms with Crippen molar-refractivity contribution in [1.29, 1.82) is 0 Å². The number of carbonyl (C=O) groups excluding carboxylic acids is 2. The van der Waals surface area contributed by atoms with Crippen LogP contribution in [0.2, 0.25) is 0 Å². The first kappa shape index (κ1) is 21.7. The molecule has 5 N–H and O–H groups in total. The van der Waals surface area contributed by atoms with Crippen LogP contribution in [-0.4, -0.2) is 46.8 Å². The number of carboxylic acids is 1. The van der Waals surface area contributed by atoms with Crippen LogP contribution in [0, 0.1) is 11.8 Å². The van der Waals surface area contributed by atoms with Gasteiger partial charge in [-0.15, -0.1) is 0 Å². The van der Waals surface area contributed by atoms with E-state index in [1.165, 1.54) is 0 Å². The van der Waals surface area contributed by atoms with Crippen molar-refractivity contribution < 1.29 is 19.5 Å². The normalized spacial score (nSPS) is 17.5. The van der Waals surface area contributed by atoms with Crippen molar-refractivity contribution in [3.63, 3.8) is 0 Å². The highest BCUT2D eigenvalue weighted by molar-refractivity contribution is 7.80. The molecule has 0 saturated carbocycles. The summed E-state index contributed by atoms with van der Waals surface area (Å²) in [5.41, 5.74) is 5.83. The average Bonchev–Trinajstić information content (AvgIpc) is 2.54. The Labute approximate surface area is 143 Å². The largest absolute Gasteiger partial charge is 0.480 e. The fourth-order valence-electron chi connectivity index (χ4n) is 1.91. The molecule has 7 nitrogen and oxygen atoms in total. The van der Waals surface area contributed by atoms with Crippen LogP contribution in [0.25, 0.3) is 0 Å². The standard InChI is InChI=1S/C15H29N3O4S/c1-5-8(3)11(16)14(20)17-10(7-23)13(19)18-12(15(21)22)9(4)6-2/h8-12,23H,5-7,16H2,1-4H3,(H,17,20)(H,18,19)(H,21,22). The van der Waals surface area contributed by atoms with Gasteiger partial charge in [0, 0.05) is 5.75 Å². The molecule has 0 aliphatic rings. The van der Waals surface area contributed by atoms with Gasteiger partial charge in [0.1, 0.15) is 12.1 Å². The second kappa shape index (κ2) is 10.5. The summed E-state index contributed by atoms with van der Waals surface area (Å²) >= 11 is 4.06. The molecule has 0 aromatic carbocycles. The minimum Gasteiger partial charge on any atom is -0.480 e. The lowest BCUT2D eigenvalue weighted by Crippen LogP contribution is -2.57. The predicted molar refractivity (Wildman–Crippen MR) is 92.2 cm³/mol. The summed E-state index contributed by atoms with van der Waals surface area (Å²) in [7, 11) is 0. The minimum atomic E-state index is -1.10. The molecule has 0 aliphatic carbocycles. The number of nitrogens with two attached hydrogens (primary N) is 1. The van der Waals surface area contributed by atoms with Crippen LogP contribution in [0.15, 0.2) is 0 Å². The van der Waals surface area contributed by atoms with E-state index >= 15 is 0 Å². The zero-order valence-electron chi connectivity index (χ0n) is 14.2. The fraction of sp³-hybridized carbons (Fsp3) is 0.800. The van der Waals surface area contributed by atoms with Crippen LogP contribution in [0.1, 0.15) is 40.5 Å². The molecule has 0 aromatic rings. The average molecular weight is 347 g/mol. The zero-order valence-corrected chi connectivity index (χ0v) is 15.1. The third-order valence-corrected chi connectivity index (χ3v) is 4.52. The third-order valence-electron chi connectivity index (χ3n) is 4.15. The summed E-state index contributed by atoms with van der Waals surface area (Å²) in [6.07, 6.45) is 1.34.